The Morgan fingerprint density at radius 3 is 2.75 bits per heavy atom. The third-order valence-electron chi connectivity index (χ3n) is 1.63. The fourth-order valence-corrected chi connectivity index (χ4v) is 0.990. The van der Waals surface area contributed by atoms with Gasteiger partial charge in [-0.2, -0.15) is 0 Å². The normalized spacial score (nSPS) is 9.75. The lowest BCUT2D eigenvalue weighted by Gasteiger charge is -2.00. The molecule has 0 atom stereocenters. The van der Waals surface area contributed by atoms with Crippen molar-refractivity contribution >= 4 is 11.4 Å². The average molecular weight is 165 g/mol. The summed E-state index contributed by atoms with van der Waals surface area (Å²) in [5.74, 6) is 0. The highest BCUT2D eigenvalue weighted by molar-refractivity contribution is 5.63. The molecule has 0 aromatic heterocycles. The number of nitrogens with zero attached hydrogens (tertiary/aromatic N) is 1. The molecule has 4 nitrogen and oxygen atoms in total. The van der Waals surface area contributed by atoms with Gasteiger partial charge in [-0.3, -0.25) is 0 Å². The Morgan fingerprint density at radius 2 is 2.17 bits per heavy atom. The van der Waals surface area contributed by atoms with Crippen LogP contribution in [0.1, 0.15) is 5.56 Å². The van der Waals surface area contributed by atoms with Gasteiger partial charge in [-0.25, -0.2) is 0 Å². The quantitative estimate of drug-likeness (QED) is 0.521. The van der Waals surface area contributed by atoms with Gasteiger partial charge in [0.15, 0.2) is 0 Å². The van der Waals surface area contributed by atoms with E-state index in [0.717, 1.165) is 12.0 Å². The molecule has 1 rings (SSSR count). The van der Waals surface area contributed by atoms with Crippen LogP contribution >= 0.6 is 0 Å². The molecule has 0 unspecified atom stereocenters. The van der Waals surface area contributed by atoms with Crippen molar-refractivity contribution in [2.45, 2.75) is 6.42 Å². The third kappa shape index (κ3) is 1.79. The smallest absolute Gasteiger partial charge is 0.131 e. The van der Waals surface area contributed by atoms with Crippen molar-refractivity contribution in [1.82, 2.24) is 0 Å². The zero-order valence-electron chi connectivity index (χ0n) is 6.66. The van der Waals surface area contributed by atoms with Gasteiger partial charge in [-0.15, -0.1) is 4.91 Å². The van der Waals surface area contributed by atoms with Gasteiger partial charge in [0.2, 0.25) is 0 Å². The molecule has 0 saturated carbocycles. The lowest BCUT2D eigenvalue weighted by atomic mass is 10.1. The summed E-state index contributed by atoms with van der Waals surface area (Å²) in [5, 5.41) is 2.80. The van der Waals surface area contributed by atoms with Crippen LogP contribution in [-0.4, -0.2) is 6.54 Å². The highest BCUT2D eigenvalue weighted by Gasteiger charge is 1.99. The Kier molecular flexibility index (Phi) is 2.76. The van der Waals surface area contributed by atoms with E-state index >= 15 is 0 Å². The lowest BCUT2D eigenvalue weighted by molar-refractivity contribution is 0.969. The van der Waals surface area contributed by atoms with E-state index in [-0.39, 0.29) is 0 Å². The Morgan fingerprint density at radius 1 is 1.42 bits per heavy atom. The van der Waals surface area contributed by atoms with E-state index < -0.39 is 0 Å². The van der Waals surface area contributed by atoms with Crippen molar-refractivity contribution in [1.29, 1.82) is 0 Å². The zero-order valence-corrected chi connectivity index (χ0v) is 6.66. The first-order valence-electron chi connectivity index (χ1n) is 3.69. The molecule has 1 aromatic carbocycles. The van der Waals surface area contributed by atoms with Crippen LogP contribution in [0.3, 0.4) is 0 Å². The Hall–Kier alpha value is -1.42. The Bertz CT molecular complexity index is 286. The van der Waals surface area contributed by atoms with Gasteiger partial charge in [-0.05, 0) is 35.8 Å². The second kappa shape index (κ2) is 3.82. The number of hydrogen-bond donors (Lipinski definition) is 2. The van der Waals surface area contributed by atoms with E-state index in [0.29, 0.717) is 17.9 Å². The van der Waals surface area contributed by atoms with E-state index in [2.05, 4.69) is 5.18 Å². The molecule has 4 heteroatoms. The van der Waals surface area contributed by atoms with Crippen LogP contribution in [0.25, 0.3) is 0 Å². The molecule has 0 saturated heterocycles. The minimum absolute atomic E-state index is 0.293. The summed E-state index contributed by atoms with van der Waals surface area (Å²) in [6.07, 6.45) is 0.739. The average Bonchev–Trinajstić information content (AvgIpc) is 2.09. The van der Waals surface area contributed by atoms with E-state index in [1.165, 1.54) is 0 Å². The molecule has 0 aliphatic heterocycles. The molecule has 12 heavy (non-hydrogen) atoms. The Balaban J connectivity index is 2.96. The monoisotopic (exact) mass is 165 g/mol. The second-order valence-electron chi connectivity index (χ2n) is 2.52. The molecular formula is C8H11N3O. The van der Waals surface area contributed by atoms with Crippen LogP contribution in [0, 0.1) is 4.91 Å². The van der Waals surface area contributed by atoms with Crippen LogP contribution in [-0.2, 0) is 6.42 Å². The predicted molar refractivity (Wildman–Crippen MR) is 49.1 cm³/mol. The summed E-state index contributed by atoms with van der Waals surface area (Å²) in [5.41, 5.74) is 12.5. The highest BCUT2D eigenvalue weighted by Crippen LogP contribution is 2.22. The molecule has 0 spiro atoms. The van der Waals surface area contributed by atoms with E-state index in [4.69, 9.17) is 11.5 Å². The standard InChI is InChI=1S/C8H11N3O/c9-4-3-6-1-2-7(10)8(5-6)11-12/h1-2,5H,3-4,9-10H2. The maximum Gasteiger partial charge on any atom is 0.131 e. The first-order chi connectivity index (χ1) is 5.77. The SMILES string of the molecule is NCCc1ccc(N)c(N=O)c1. The van der Waals surface area contributed by atoms with Crippen molar-refractivity contribution in [3.8, 4) is 0 Å². The van der Waals surface area contributed by atoms with Gasteiger partial charge < -0.3 is 11.5 Å². The largest absolute Gasteiger partial charge is 0.397 e. The van der Waals surface area contributed by atoms with Crippen LogP contribution in [0.4, 0.5) is 11.4 Å². The fraction of sp³-hybridized carbons (Fsp3) is 0.250. The summed E-state index contributed by atoms with van der Waals surface area (Å²) in [6, 6.07) is 5.17. The first-order valence-corrected chi connectivity index (χ1v) is 3.69. The van der Waals surface area contributed by atoms with E-state index in [9.17, 15) is 4.91 Å². The zero-order chi connectivity index (χ0) is 8.97. The number of anilines is 1. The lowest BCUT2D eigenvalue weighted by Crippen LogP contribution is -2.02. The van der Waals surface area contributed by atoms with Gasteiger partial charge in [-0.1, -0.05) is 6.07 Å². The van der Waals surface area contributed by atoms with E-state index in [1.807, 2.05) is 6.07 Å². The molecule has 1 aromatic rings. The van der Waals surface area contributed by atoms with Gasteiger partial charge in [0.1, 0.15) is 5.69 Å². The molecule has 0 heterocycles. The van der Waals surface area contributed by atoms with Crippen molar-refractivity contribution < 1.29 is 0 Å². The molecular weight excluding hydrogens is 154 g/mol. The minimum atomic E-state index is 0.293. The Labute approximate surface area is 70.5 Å². The van der Waals surface area contributed by atoms with Crippen molar-refractivity contribution in [3.63, 3.8) is 0 Å². The van der Waals surface area contributed by atoms with E-state index in [1.54, 1.807) is 12.1 Å². The third-order valence-corrected chi connectivity index (χ3v) is 1.63. The summed E-state index contributed by atoms with van der Waals surface area (Å²) in [7, 11) is 0. The summed E-state index contributed by atoms with van der Waals surface area (Å²) in [4.78, 5) is 10.2. The molecule has 64 valence electrons. The maximum atomic E-state index is 10.2. The molecule has 0 aliphatic rings. The first kappa shape index (κ1) is 8.67. The number of nitrogen functional groups attached to an aromatic ring is 1. The predicted octanol–water partition coefficient (Wildman–Crippen LogP) is 1.17. The van der Waals surface area contributed by atoms with Crippen molar-refractivity contribution in [3.05, 3.63) is 28.7 Å². The fourth-order valence-electron chi connectivity index (χ4n) is 0.990. The van der Waals surface area contributed by atoms with Gasteiger partial charge in [0.25, 0.3) is 0 Å². The number of rotatable bonds is 3. The van der Waals surface area contributed by atoms with Crippen molar-refractivity contribution in [2.75, 3.05) is 12.3 Å². The summed E-state index contributed by atoms with van der Waals surface area (Å²) in [6.45, 7) is 0.558. The number of hydrogen-bond acceptors (Lipinski definition) is 4. The molecule has 0 fully saturated rings. The van der Waals surface area contributed by atoms with Crippen LogP contribution in [0.15, 0.2) is 23.4 Å². The topological polar surface area (TPSA) is 81.5 Å². The molecule has 4 N–H and O–H groups in total. The van der Waals surface area contributed by atoms with Gasteiger partial charge in [0.05, 0.1) is 5.69 Å². The number of nitrogens with two attached hydrogens (primary N) is 2. The van der Waals surface area contributed by atoms with Gasteiger partial charge >= 0.3 is 0 Å². The van der Waals surface area contributed by atoms with Crippen molar-refractivity contribution in [2.24, 2.45) is 10.9 Å². The van der Waals surface area contributed by atoms with Crippen LogP contribution in [0.2, 0.25) is 0 Å². The summed E-state index contributed by atoms with van der Waals surface area (Å²) >= 11 is 0. The van der Waals surface area contributed by atoms with Crippen LogP contribution in [0.5, 0.6) is 0 Å². The summed E-state index contributed by atoms with van der Waals surface area (Å²) < 4.78 is 0. The number of nitroso groups, excluding NO2 is 1. The highest BCUT2D eigenvalue weighted by atomic mass is 16.3. The van der Waals surface area contributed by atoms with Crippen LogP contribution < -0.4 is 11.5 Å². The minimum Gasteiger partial charge on any atom is -0.397 e. The van der Waals surface area contributed by atoms with Gasteiger partial charge in [0, 0.05) is 0 Å². The number of benzene rings is 1. The molecule has 0 radical (unpaired) electrons. The maximum absolute atomic E-state index is 10.2. The molecule has 0 aliphatic carbocycles. The molecule has 0 amide bonds. The molecule has 0 bridgehead atoms. The second-order valence-corrected chi connectivity index (χ2v) is 2.52.